The Bertz CT molecular complexity index is 331. The van der Waals surface area contributed by atoms with Gasteiger partial charge in [-0.3, -0.25) is 4.79 Å². The molecule has 1 amide bonds. The minimum atomic E-state index is -0.0823. The highest BCUT2D eigenvalue weighted by Gasteiger charge is 2.19. The lowest BCUT2D eigenvalue weighted by atomic mass is 10.0. The van der Waals surface area contributed by atoms with Crippen LogP contribution in [0.25, 0.3) is 0 Å². The van der Waals surface area contributed by atoms with Crippen molar-refractivity contribution >= 4 is 5.91 Å². The maximum absolute atomic E-state index is 11.9. The minimum absolute atomic E-state index is 0.0823. The fourth-order valence-electron chi connectivity index (χ4n) is 1.99. The van der Waals surface area contributed by atoms with Gasteiger partial charge in [-0.25, -0.2) is 0 Å². The van der Waals surface area contributed by atoms with Crippen LogP contribution in [0.2, 0.25) is 0 Å². The van der Waals surface area contributed by atoms with Crippen molar-refractivity contribution in [2.24, 2.45) is 0 Å². The Morgan fingerprint density at radius 3 is 3.12 bits per heavy atom. The maximum Gasteiger partial charge on any atom is 0.275 e. The fourth-order valence-corrected chi connectivity index (χ4v) is 1.99. The number of carbonyl (C=O) groups is 1. The van der Waals surface area contributed by atoms with Crippen molar-refractivity contribution in [3.05, 3.63) is 11.9 Å². The molecule has 1 aliphatic rings. The van der Waals surface area contributed by atoms with Crippen LogP contribution >= 0.6 is 0 Å². The monoisotopic (exact) mass is 223 g/mol. The maximum atomic E-state index is 11.9. The lowest BCUT2D eigenvalue weighted by molar-refractivity contribution is 0.0769. The van der Waals surface area contributed by atoms with Gasteiger partial charge in [0.15, 0.2) is 5.69 Å². The van der Waals surface area contributed by atoms with E-state index in [1.54, 1.807) is 11.9 Å². The Labute approximate surface area is 94.4 Å². The first kappa shape index (κ1) is 11.1. The van der Waals surface area contributed by atoms with Crippen LogP contribution in [-0.4, -0.2) is 52.4 Å². The number of aromatic nitrogens is 3. The van der Waals surface area contributed by atoms with E-state index in [0.717, 1.165) is 19.5 Å². The van der Waals surface area contributed by atoms with Gasteiger partial charge in [0.1, 0.15) is 0 Å². The molecule has 1 aromatic rings. The van der Waals surface area contributed by atoms with E-state index in [1.807, 2.05) is 0 Å². The van der Waals surface area contributed by atoms with E-state index in [1.165, 1.54) is 19.0 Å². The van der Waals surface area contributed by atoms with E-state index >= 15 is 0 Å². The summed E-state index contributed by atoms with van der Waals surface area (Å²) in [5.74, 6) is -0.0823. The molecule has 6 nitrogen and oxygen atoms in total. The first-order valence-corrected chi connectivity index (χ1v) is 5.62. The molecule has 1 unspecified atom stereocenters. The lowest BCUT2D eigenvalue weighted by Crippen LogP contribution is -2.44. The molecule has 1 aromatic heterocycles. The molecule has 2 heterocycles. The number of hydrogen-bond donors (Lipinski definition) is 2. The molecule has 2 N–H and O–H groups in total. The Kier molecular flexibility index (Phi) is 3.51. The second-order valence-corrected chi connectivity index (χ2v) is 4.19. The standard InChI is InChI=1S/C10H17N5O/c1-15(7-8-4-2-3-5-11-8)10(16)9-6-12-14-13-9/h6,8,11H,2-5,7H2,1H3,(H,12,13,14). The zero-order valence-corrected chi connectivity index (χ0v) is 9.44. The summed E-state index contributed by atoms with van der Waals surface area (Å²) in [6.07, 6.45) is 5.06. The molecule has 0 spiro atoms. The summed E-state index contributed by atoms with van der Waals surface area (Å²) in [6.45, 7) is 1.78. The molecule has 1 fully saturated rings. The summed E-state index contributed by atoms with van der Waals surface area (Å²) >= 11 is 0. The molecule has 0 saturated carbocycles. The summed E-state index contributed by atoms with van der Waals surface area (Å²) in [5, 5.41) is 13.3. The van der Waals surface area contributed by atoms with Gasteiger partial charge >= 0.3 is 0 Å². The number of hydrogen-bond acceptors (Lipinski definition) is 4. The van der Waals surface area contributed by atoms with Crippen LogP contribution in [0.1, 0.15) is 29.8 Å². The van der Waals surface area contributed by atoms with Gasteiger partial charge < -0.3 is 10.2 Å². The summed E-state index contributed by atoms with van der Waals surface area (Å²) in [7, 11) is 1.80. The van der Waals surface area contributed by atoms with E-state index < -0.39 is 0 Å². The number of rotatable bonds is 3. The average Bonchev–Trinajstić information content (AvgIpc) is 2.83. The van der Waals surface area contributed by atoms with Crippen molar-refractivity contribution < 1.29 is 4.79 Å². The van der Waals surface area contributed by atoms with Gasteiger partial charge in [-0.1, -0.05) is 6.42 Å². The molecular formula is C10H17N5O. The van der Waals surface area contributed by atoms with E-state index in [0.29, 0.717) is 11.7 Å². The second-order valence-electron chi connectivity index (χ2n) is 4.19. The SMILES string of the molecule is CN(CC1CCCCN1)C(=O)c1cn[nH]n1. The smallest absolute Gasteiger partial charge is 0.275 e. The van der Waals surface area contributed by atoms with Crippen molar-refractivity contribution in [3.63, 3.8) is 0 Å². The predicted octanol–water partition coefficient (Wildman–Crippen LogP) is 0.0188. The third-order valence-corrected chi connectivity index (χ3v) is 2.89. The fraction of sp³-hybridized carbons (Fsp3) is 0.700. The predicted molar refractivity (Wildman–Crippen MR) is 59.0 cm³/mol. The largest absolute Gasteiger partial charge is 0.339 e. The van der Waals surface area contributed by atoms with Gasteiger partial charge in [0.05, 0.1) is 6.20 Å². The number of aromatic amines is 1. The van der Waals surface area contributed by atoms with Gasteiger partial charge in [-0.05, 0) is 19.4 Å². The Balaban J connectivity index is 1.87. The van der Waals surface area contributed by atoms with Crippen LogP contribution in [0.3, 0.4) is 0 Å². The number of carbonyl (C=O) groups excluding carboxylic acids is 1. The van der Waals surface area contributed by atoms with Crippen LogP contribution in [0.15, 0.2) is 6.20 Å². The first-order valence-electron chi connectivity index (χ1n) is 5.62. The molecule has 0 bridgehead atoms. The molecule has 1 saturated heterocycles. The van der Waals surface area contributed by atoms with Gasteiger partial charge in [0.25, 0.3) is 5.91 Å². The van der Waals surface area contributed by atoms with Crippen LogP contribution < -0.4 is 5.32 Å². The number of nitrogens with zero attached hydrogens (tertiary/aromatic N) is 3. The molecule has 0 aromatic carbocycles. The van der Waals surface area contributed by atoms with Gasteiger partial charge in [-0.15, -0.1) is 0 Å². The highest BCUT2D eigenvalue weighted by Crippen LogP contribution is 2.08. The number of likely N-dealkylation sites (N-methyl/N-ethyl adjacent to an activating group) is 1. The van der Waals surface area contributed by atoms with Crippen LogP contribution in [0.4, 0.5) is 0 Å². The van der Waals surface area contributed by atoms with Crippen molar-refractivity contribution in [1.29, 1.82) is 0 Å². The van der Waals surface area contributed by atoms with Crippen molar-refractivity contribution in [3.8, 4) is 0 Å². The van der Waals surface area contributed by atoms with Crippen LogP contribution in [0.5, 0.6) is 0 Å². The summed E-state index contributed by atoms with van der Waals surface area (Å²) in [6, 6.07) is 0.412. The molecule has 2 rings (SSSR count). The zero-order valence-electron chi connectivity index (χ0n) is 9.44. The molecule has 6 heteroatoms. The Morgan fingerprint density at radius 1 is 1.62 bits per heavy atom. The molecule has 1 atom stereocenters. The van der Waals surface area contributed by atoms with Gasteiger partial charge in [-0.2, -0.15) is 15.4 Å². The summed E-state index contributed by atoms with van der Waals surface area (Å²) in [5.41, 5.74) is 0.373. The molecule has 1 aliphatic heterocycles. The highest BCUT2D eigenvalue weighted by molar-refractivity contribution is 5.91. The van der Waals surface area contributed by atoms with Crippen LogP contribution in [-0.2, 0) is 0 Å². The van der Waals surface area contributed by atoms with Crippen molar-refractivity contribution in [2.75, 3.05) is 20.1 Å². The minimum Gasteiger partial charge on any atom is -0.339 e. The number of H-pyrrole nitrogens is 1. The summed E-state index contributed by atoms with van der Waals surface area (Å²) < 4.78 is 0. The van der Waals surface area contributed by atoms with Gasteiger partial charge in [0, 0.05) is 19.6 Å². The molecule has 0 aliphatic carbocycles. The molecule has 16 heavy (non-hydrogen) atoms. The van der Waals surface area contributed by atoms with Crippen molar-refractivity contribution in [2.45, 2.75) is 25.3 Å². The van der Waals surface area contributed by atoms with Crippen LogP contribution in [0, 0.1) is 0 Å². The summed E-state index contributed by atoms with van der Waals surface area (Å²) in [4.78, 5) is 13.6. The Morgan fingerprint density at radius 2 is 2.50 bits per heavy atom. The molecule has 88 valence electrons. The molecular weight excluding hydrogens is 206 g/mol. The topological polar surface area (TPSA) is 73.9 Å². The average molecular weight is 223 g/mol. The highest BCUT2D eigenvalue weighted by atomic mass is 16.2. The normalized spacial score (nSPS) is 20.7. The number of piperidine rings is 1. The number of amides is 1. The van der Waals surface area contributed by atoms with E-state index in [4.69, 9.17) is 0 Å². The first-order chi connectivity index (χ1) is 7.77. The van der Waals surface area contributed by atoms with E-state index in [9.17, 15) is 4.79 Å². The van der Waals surface area contributed by atoms with E-state index in [-0.39, 0.29) is 5.91 Å². The lowest BCUT2D eigenvalue weighted by Gasteiger charge is -2.27. The molecule has 0 radical (unpaired) electrons. The van der Waals surface area contributed by atoms with E-state index in [2.05, 4.69) is 20.7 Å². The number of nitrogens with one attached hydrogen (secondary N) is 2. The van der Waals surface area contributed by atoms with Gasteiger partial charge in [0.2, 0.25) is 0 Å². The third kappa shape index (κ3) is 2.57. The Hall–Kier alpha value is -1.43. The third-order valence-electron chi connectivity index (χ3n) is 2.89. The van der Waals surface area contributed by atoms with Crippen molar-refractivity contribution in [1.82, 2.24) is 25.6 Å². The second kappa shape index (κ2) is 5.07. The zero-order chi connectivity index (χ0) is 11.4. The quantitative estimate of drug-likeness (QED) is 0.757.